The van der Waals surface area contributed by atoms with Crippen molar-refractivity contribution in [2.75, 3.05) is 0 Å². The Morgan fingerprint density at radius 3 is 1.67 bits per heavy atom. The van der Waals surface area contributed by atoms with E-state index in [1.807, 2.05) is 78.9 Å². The lowest BCUT2D eigenvalue weighted by molar-refractivity contribution is 0.570. The Labute approximate surface area is 191 Å². The molecule has 6 rings (SSSR count). The highest BCUT2D eigenvalue weighted by Crippen LogP contribution is 2.36. The first-order chi connectivity index (χ1) is 16.3. The molecule has 1 aromatic heterocycles. The number of para-hydroxylation sites is 1. The first-order valence-corrected chi connectivity index (χ1v) is 11.0. The molecule has 0 fully saturated rings. The molecule has 0 bridgehead atoms. The number of hydrogen-bond donors (Lipinski definition) is 0. The average Bonchev–Trinajstić information content (AvgIpc) is 2.89. The summed E-state index contributed by atoms with van der Waals surface area (Å²) in [7, 11) is 0. The summed E-state index contributed by atoms with van der Waals surface area (Å²) in [5, 5.41) is 2.46. The van der Waals surface area contributed by atoms with Crippen LogP contribution in [-0.2, 0) is 0 Å². The molecular formula is C31H20O2. The highest BCUT2D eigenvalue weighted by Gasteiger charge is 2.14. The topological polar surface area (TPSA) is 30.2 Å². The van der Waals surface area contributed by atoms with Crippen molar-refractivity contribution >= 4 is 21.7 Å². The Balaban J connectivity index is 1.67. The van der Waals surface area contributed by atoms with Crippen LogP contribution in [0.1, 0.15) is 0 Å². The van der Waals surface area contributed by atoms with Gasteiger partial charge in [0.15, 0.2) is 0 Å². The quantitative estimate of drug-likeness (QED) is 0.213. The van der Waals surface area contributed by atoms with Gasteiger partial charge in [0.2, 0.25) is 0 Å². The molecule has 1 heterocycles. The summed E-state index contributed by atoms with van der Waals surface area (Å²) in [4.78, 5) is 13.1. The maximum Gasteiger partial charge on any atom is 0.344 e. The van der Waals surface area contributed by atoms with Crippen molar-refractivity contribution in [2.24, 2.45) is 0 Å². The molecule has 2 heteroatoms. The fraction of sp³-hybridized carbons (Fsp3) is 0. The Bertz CT molecular complexity index is 1610. The van der Waals surface area contributed by atoms with Crippen molar-refractivity contribution in [2.45, 2.75) is 0 Å². The minimum Gasteiger partial charge on any atom is -0.422 e. The van der Waals surface area contributed by atoms with Crippen LogP contribution >= 0.6 is 0 Å². The van der Waals surface area contributed by atoms with Gasteiger partial charge in [0.1, 0.15) is 5.58 Å². The van der Waals surface area contributed by atoms with Gasteiger partial charge in [0.05, 0.1) is 5.39 Å². The number of rotatable bonds is 3. The van der Waals surface area contributed by atoms with Crippen LogP contribution in [0, 0.1) is 0 Å². The van der Waals surface area contributed by atoms with Crippen LogP contribution in [0.5, 0.6) is 0 Å². The van der Waals surface area contributed by atoms with Crippen molar-refractivity contribution in [3.63, 3.8) is 0 Å². The molecule has 0 aliphatic heterocycles. The lowest BCUT2D eigenvalue weighted by Crippen LogP contribution is -2.02. The van der Waals surface area contributed by atoms with Gasteiger partial charge >= 0.3 is 5.63 Å². The highest BCUT2D eigenvalue weighted by molar-refractivity contribution is 6.09. The molecule has 2 nitrogen and oxygen atoms in total. The van der Waals surface area contributed by atoms with E-state index in [1.165, 1.54) is 0 Å². The van der Waals surface area contributed by atoms with Gasteiger partial charge < -0.3 is 4.42 Å². The summed E-state index contributed by atoms with van der Waals surface area (Å²) >= 11 is 0. The van der Waals surface area contributed by atoms with Gasteiger partial charge in [-0.1, -0.05) is 97.1 Å². The molecule has 0 radical (unpaired) electrons. The fourth-order valence-corrected chi connectivity index (χ4v) is 4.54. The molecule has 0 spiro atoms. The van der Waals surface area contributed by atoms with Crippen LogP contribution in [0.25, 0.3) is 55.1 Å². The predicted octanol–water partition coefficient (Wildman–Crippen LogP) is 7.95. The molecular weight excluding hydrogens is 404 g/mol. The Hall–Kier alpha value is -4.43. The van der Waals surface area contributed by atoms with Crippen molar-refractivity contribution in [3.8, 4) is 33.4 Å². The minimum atomic E-state index is -0.314. The average molecular weight is 424 g/mol. The van der Waals surface area contributed by atoms with E-state index in [2.05, 4.69) is 42.5 Å². The second-order valence-corrected chi connectivity index (χ2v) is 8.14. The van der Waals surface area contributed by atoms with Crippen LogP contribution in [0.2, 0.25) is 0 Å². The zero-order chi connectivity index (χ0) is 22.2. The van der Waals surface area contributed by atoms with Gasteiger partial charge in [-0.25, -0.2) is 4.79 Å². The van der Waals surface area contributed by atoms with Crippen LogP contribution in [0.15, 0.2) is 131 Å². The van der Waals surface area contributed by atoms with E-state index in [9.17, 15) is 4.79 Å². The summed E-state index contributed by atoms with van der Waals surface area (Å²) in [6.07, 6.45) is 0. The van der Waals surface area contributed by atoms with Gasteiger partial charge in [-0.05, 0) is 57.6 Å². The van der Waals surface area contributed by atoms with E-state index in [0.717, 1.165) is 44.2 Å². The van der Waals surface area contributed by atoms with E-state index in [0.29, 0.717) is 11.0 Å². The molecule has 0 saturated carbocycles. The van der Waals surface area contributed by atoms with E-state index >= 15 is 0 Å². The molecule has 0 N–H and O–H groups in total. The van der Waals surface area contributed by atoms with Crippen LogP contribution in [0.3, 0.4) is 0 Å². The molecule has 0 aliphatic carbocycles. The van der Waals surface area contributed by atoms with E-state index < -0.39 is 0 Å². The Morgan fingerprint density at radius 1 is 0.455 bits per heavy atom. The van der Waals surface area contributed by atoms with Crippen molar-refractivity contribution in [1.82, 2.24) is 0 Å². The van der Waals surface area contributed by atoms with E-state index in [-0.39, 0.29) is 5.63 Å². The van der Waals surface area contributed by atoms with Crippen molar-refractivity contribution in [1.29, 1.82) is 0 Å². The fourth-order valence-electron chi connectivity index (χ4n) is 4.54. The predicted molar refractivity (Wildman–Crippen MR) is 136 cm³/mol. The largest absolute Gasteiger partial charge is 0.422 e. The number of hydrogen-bond acceptors (Lipinski definition) is 2. The zero-order valence-corrected chi connectivity index (χ0v) is 17.9. The molecule has 6 aromatic rings. The van der Waals surface area contributed by atoms with Crippen molar-refractivity contribution < 1.29 is 4.42 Å². The molecule has 0 unspecified atom stereocenters. The molecule has 156 valence electrons. The molecule has 0 atom stereocenters. The van der Waals surface area contributed by atoms with Crippen LogP contribution < -0.4 is 5.63 Å². The normalized spacial score (nSPS) is 11.2. The summed E-state index contributed by atoms with van der Waals surface area (Å²) < 4.78 is 5.71. The standard InChI is InChI=1S/C31H20O2/c32-31-30-26(15-9-16-28(30)27-14-7-8-17-29(27)33-31)25-19-23(21-10-3-1-4-11-21)18-24(20-25)22-12-5-2-6-13-22/h1-20H. The summed E-state index contributed by atoms with van der Waals surface area (Å²) in [6, 6.07) is 40.9. The number of fused-ring (bicyclic) bond motifs is 3. The summed E-state index contributed by atoms with van der Waals surface area (Å²) in [5.41, 5.74) is 6.64. The molecule has 5 aromatic carbocycles. The van der Waals surface area contributed by atoms with Gasteiger partial charge in [-0.15, -0.1) is 0 Å². The first-order valence-electron chi connectivity index (χ1n) is 11.0. The molecule has 0 saturated heterocycles. The molecule has 0 amide bonds. The van der Waals surface area contributed by atoms with Crippen LogP contribution in [0.4, 0.5) is 0 Å². The smallest absolute Gasteiger partial charge is 0.344 e. The highest BCUT2D eigenvalue weighted by atomic mass is 16.4. The third-order valence-electron chi connectivity index (χ3n) is 6.11. The molecule has 33 heavy (non-hydrogen) atoms. The second-order valence-electron chi connectivity index (χ2n) is 8.14. The summed E-state index contributed by atoms with van der Waals surface area (Å²) in [5.74, 6) is 0. The lowest BCUT2D eigenvalue weighted by atomic mass is 9.91. The van der Waals surface area contributed by atoms with E-state index in [1.54, 1.807) is 0 Å². The molecule has 0 aliphatic rings. The third kappa shape index (κ3) is 3.42. The lowest BCUT2D eigenvalue weighted by Gasteiger charge is -2.13. The van der Waals surface area contributed by atoms with E-state index in [4.69, 9.17) is 4.42 Å². The van der Waals surface area contributed by atoms with Crippen molar-refractivity contribution in [3.05, 3.63) is 132 Å². The SMILES string of the molecule is O=c1oc2ccccc2c2cccc(-c3cc(-c4ccccc4)cc(-c4ccccc4)c3)c12. The zero-order valence-electron chi connectivity index (χ0n) is 17.9. The second kappa shape index (κ2) is 7.92. The van der Waals surface area contributed by atoms with Gasteiger partial charge in [0.25, 0.3) is 0 Å². The van der Waals surface area contributed by atoms with Crippen LogP contribution in [-0.4, -0.2) is 0 Å². The maximum atomic E-state index is 13.1. The first kappa shape index (κ1) is 19.3. The van der Waals surface area contributed by atoms with Gasteiger partial charge in [-0.3, -0.25) is 0 Å². The summed E-state index contributed by atoms with van der Waals surface area (Å²) in [6.45, 7) is 0. The Morgan fingerprint density at radius 2 is 1.00 bits per heavy atom. The Kier molecular flexibility index (Phi) is 4.63. The monoisotopic (exact) mass is 424 g/mol. The minimum absolute atomic E-state index is 0.314. The third-order valence-corrected chi connectivity index (χ3v) is 6.11. The van der Waals surface area contributed by atoms with Gasteiger partial charge in [-0.2, -0.15) is 0 Å². The number of benzene rings is 5. The van der Waals surface area contributed by atoms with Gasteiger partial charge in [0, 0.05) is 10.8 Å². The maximum absolute atomic E-state index is 13.1.